The van der Waals surface area contributed by atoms with E-state index in [9.17, 15) is 4.79 Å². The maximum absolute atomic E-state index is 12.7. The highest BCUT2D eigenvalue weighted by molar-refractivity contribution is 5.93. The molecular formula is C19H16N2O5. The third kappa shape index (κ3) is 2.52. The molecule has 1 aromatic carbocycles. The van der Waals surface area contributed by atoms with Crippen LogP contribution in [0.4, 0.5) is 0 Å². The van der Waals surface area contributed by atoms with Crippen LogP contribution in [0.1, 0.15) is 28.4 Å². The Morgan fingerprint density at radius 2 is 2.04 bits per heavy atom. The summed E-state index contributed by atoms with van der Waals surface area (Å²) in [5.41, 5.74) is 1.45. The lowest BCUT2D eigenvalue weighted by atomic mass is 9.98. The Kier molecular flexibility index (Phi) is 3.44. The van der Waals surface area contributed by atoms with Crippen molar-refractivity contribution in [3.63, 3.8) is 0 Å². The Morgan fingerprint density at radius 1 is 1.12 bits per heavy atom. The van der Waals surface area contributed by atoms with E-state index in [0.717, 1.165) is 23.5 Å². The number of benzene rings is 1. The SMILES string of the molecule is O=C(c1cc(-c2ccco2)on1)N1CC[C@@H](c2ccc3c(c2)OCO3)C1. The fourth-order valence-electron chi connectivity index (χ4n) is 3.46. The highest BCUT2D eigenvalue weighted by Gasteiger charge is 2.30. The van der Waals surface area contributed by atoms with Crippen molar-refractivity contribution in [1.29, 1.82) is 0 Å². The summed E-state index contributed by atoms with van der Waals surface area (Å²) < 4.78 is 21.3. The van der Waals surface area contributed by atoms with Crippen LogP contribution in [-0.4, -0.2) is 35.8 Å². The summed E-state index contributed by atoms with van der Waals surface area (Å²) in [5.74, 6) is 2.68. The van der Waals surface area contributed by atoms with Crippen LogP contribution in [-0.2, 0) is 0 Å². The minimum Gasteiger partial charge on any atom is -0.461 e. The molecule has 0 N–H and O–H groups in total. The standard InChI is InChI=1S/C19H16N2O5/c22-19(14-9-18(26-20-14)15-2-1-7-23-15)21-6-5-13(10-21)12-3-4-16-17(8-12)25-11-24-16/h1-4,7-9,13H,5-6,10-11H2/t13-/m1/s1. The average molecular weight is 352 g/mol. The van der Waals surface area contributed by atoms with Crippen LogP contribution >= 0.6 is 0 Å². The monoisotopic (exact) mass is 352 g/mol. The van der Waals surface area contributed by atoms with Crippen LogP contribution < -0.4 is 9.47 Å². The summed E-state index contributed by atoms with van der Waals surface area (Å²) in [6.07, 6.45) is 2.45. The number of amides is 1. The molecule has 26 heavy (non-hydrogen) atoms. The zero-order valence-corrected chi connectivity index (χ0v) is 13.9. The van der Waals surface area contributed by atoms with Crippen LogP contribution in [0.15, 0.2) is 51.6 Å². The molecule has 0 bridgehead atoms. The van der Waals surface area contributed by atoms with Gasteiger partial charge in [0.2, 0.25) is 12.6 Å². The maximum Gasteiger partial charge on any atom is 0.276 e. The van der Waals surface area contributed by atoms with Gasteiger partial charge in [-0.15, -0.1) is 0 Å². The van der Waals surface area contributed by atoms with Gasteiger partial charge in [-0.1, -0.05) is 11.2 Å². The van der Waals surface area contributed by atoms with Crippen molar-refractivity contribution in [2.75, 3.05) is 19.9 Å². The first-order valence-corrected chi connectivity index (χ1v) is 8.47. The molecule has 2 aliphatic rings. The third-order valence-corrected chi connectivity index (χ3v) is 4.84. The first-order valence-electron chi connectivity index (χ1n) is 8.47. The van der Waals surface area contributed by atoms with E-state index in [2.05, 4.69) is 5.16 Å². The van der Waals surface area contributed by atoms with E-state index in [1.807, 2.05) is 18.2 Å². The number of hydrogen-bond donors (Lipinski definition) is 0. The normalized spacial score (nSPS) is 18.5. The number of ether oxygens (including phenoxy) is 2. The molecule has 132 valence electrons. The van der Waals surface area contributed by atoms with Crippen molar-refractivity contribution in [3.8, 4) is 23.0 Å². The Balaban J connectivity index is 1.30. The second kappa shape index (κ2) is 5.94. The number of carbonyl (C=O) groups is 1. The molecule has 0 unspecified atom stereocenters. The molecule has 0 aliphatic carbocycles. The van der Waals surface area contributed by atoms with Crippen LogP contribution in [0, 0.1) is 0 Å². The molecule has 7 nitrogen and oxygen atoms in total. The summed E-state index contributed by atoms with van der Waals surface area (Å²) in [6, 6.07) is 11.1. The van der Waals surface area contributed by atoms with E-state index in [-0.39, 0.29) is 18.6 Å². The zero-order valence-electron chi connectivity index (χ0n) is 13.9. The second-order valence-electron chi connectivity index (χ2n) is 6.40. The fourth-order valence-corrected chi connectivity index (χ4v) is 3.46. The van der Waals surface area contributed by atoms with Gasteiger partial charge in [-0.25, -0.2) is 0 Å². The van der Waals surface area contributed by atoms with Gasteiger partial charge in [0.25, 0.3) is 5.91 Å². The zero-order chi connectivity index (χ0) is 17.5. The molecule has 0 saturated carbocycles. The number of rotatable bonds is 3. The van der Waals surface area contributed by atoms with E-state index in [1.54, 1.807) is 29.4 Å². The molecule has 2 aliphatic heterocycles. The first-order chi connectivity index (χ1) is 12.8. The average Bonchev–Trinajstić information content (AvgIpc) is 3.47. The predicted octanol–water partition coefficient (Wildman–Crippen LogP) is 3.29. The van der Waals surface area contributed by atoms with Crippen molar-refractivity contribution < 1.29 is 23.2 Å². The van der Waals surface area contributed by atoms with Gasteiger partial charge in [0.1, 0.15) is 0 Å². The van der Waals surface area contributed by atoms with Crippen molar-refractivity contribution in [2.45, 2.75) is 12.3 Å². The van der Waals surface area contributed by atoms with E-state index in [4.69, 9.17) is 18.4 Å². The third-order valence-electron chi connectivity index (χ3n) is 4.84. The Hall–Kier alpha value is -3.22. The van der Waals surface area contributed by atoms with E-state index < -0.39 is 0 Å². The number of furan rings is 1. The molecule has 1 amide bonds. The lowest BCUT2D eigenvalue weighted by molar-refractivity contribution is 0.0780. The number of hydrogen-bond acceptors (Lipinski definition) is 6. The highest BCUT2D eigenvalue weighted by Crippen LogP contribution is 2.37. The van der Waals surface area contributed by atoms with E-state index >= 15 is 0 Å². The molecule has 1 saturated heterocycles. The van der Waals surface area contributed by atoms with Crippen molar-refractivity contribution in [3.05, 3.63) is 53.9 Å². The van der Waals surface area contributed by atoms with Crippen LogP contribution in [0.5, 0.6) is 11.5 Å². The summed E-state index contributed by atoms with van der Waals surface area (Å²) in [5, 5.41) is 3.90. The van der Waals surface area contributed by atoms with Crippen molar-refractivity contribution >= 4 is 5.91 Å². The van der Waals surface area contributed by atoms with Gasteiger partial charge < -0.3 is 23.3 Å². The van der Waals surface area contributed by atoms with Crippen LogP contribution in [0.2, 0.25) is 0 Å². The Labute approximate surface area is 149 Å². The molecule has 5 rings (SSSR count). The van der Waals surface area contributed by atoms with Gasteiger partial charge in [-0.2, -0.15) is 0 Å². The van der Waals surface area contributed by atoms with E-state index in [0.29, 0.717) is 30.3 Å². The highest BCUT2D eigenvalue weighted by atomic mass is 16.7. The molecule has 4 heterocycles. The summed E-state index contributed by atoms with van der Waals surface area (Å²) in [6.45, 7) is 1.58. The van der Waals surface area contributed by atoms with Gasteiger partial charge in [0.05, 0.1) is 6.26 Å². The minimum atomic E-state index is -0.130. The predicted molar refractivity (Wildman–Crippen MR) is 90.0 cm³/mol. The van der Waals surface area contributed by atoms with Crippen molar-refractivity contribution in [1.82, 2.24) is 10.1 Å². The van der Waals surface area contributed by atoms with Crippen LogP contribution in [0.3, 0.4) is 0 Å². The van der Waals surface area contributed by atoms with Crippen molar-refractivity contribution in [2.24, 2.45) is 0 Å². The van der Waals surface area contributed by atoms with E-state index in [1.165, 1.54) is 0 Å². The molecule has 1 atom stereocenters. The molecule has 7 heteroatoms. The number of carbonyl (C=O) groups excluding carboxylic acids is 1. The van der Waals surface area contributed by atoms with Crippen LogP contribution in [0.25, 0.3) is 11.5 Å². The molecule has 0 radical (unpaired) electrons. The first kappa shape index (κ1) is 15.1. The van der Waals surface area contributed by atoms with Gasteiger partial charge >= 0.3 is 0 Å². The molecule has 3 aromatic rings. The largest absolute Gasteiger partial charge is 0.461 e. The minimum absolute atomic E-state index is 0.130. The lowest BCUT2D eigenvalue weighted by Gasteiger charge is -2.15. The molecular weight excluding hydrogens is 336 g/mol. The Morgan fingerprint density at radius 3 is 2.92 bits per heavy atom. The van der Waals surface area contributed by atoms with Gasteiger partial charge in [-0.05, 0) is 36.2 Å². The Bertz CT molecular complexity index is 947. The number of aromatic nitrogens is 1. The fraction of sp³-hybridized carbons (Fsp3) is 0.263. The molecule has 0 spiro atoms. The van der Waals surface area contributed by atoms with Gasteiger partial charge in [0.15, 0.2) is 23.0 Å². The number of likely N-dealkylation sites (tertiary alicyclic amines) is 1. The van der Waals surface area contributed by atoms with Gasteiger partial charge in [0, 0.05) is 25.1 Å². The second-order valence-corrected chi connectivity index (χ2v) is 6.40. The summed E-state index contributed by atoms with van der Waals surface area (Å²) in [4.78, 5) is 14.5. The quantitative estimate of drug-likeness (QED) is 0.720. The molecule has 2 aromatic heterocycles. The molecule has 1 fully saturated rings. The van der Waals surface area contributed by atoms with Gasteiger partial charge in [-0.3, -0.25) is 4.79 Å². The number of nitrogens with zero attached hydrogens (tertiary/aromatic N) is 2. The smallest absolute Gasteiger partial charge is 0.276 e. The number of fused-ring (bicyclic) bond motifs is 1. The summed E-state index contributed by atoms with van der Waals surface area (Å²) >= 11 is 0. The maximum atomic E-state index is 12.7. The topological polar surface area (TPSA) is 77.9 Å². The summed E-state index contributed by atoms with van der Waals surface area (Å²) in [7, 11) is 0. The lowest BCUT2D eigenvalue weighted by Crippen LogP contribution is -2.28.